The highest BCUT2D eigenvalue weighted by molar-refractivity contribution is 7.91. The van der Waals surface area contributed by atoms with Gasteiger partial charge in [0.05, 0.1) is 16.6 Å². The Morgan fingerprint density at radius 2 is 1.95 bits per heavy atom. The summed E-state index contributed by atoms with van der Waals surface area (Å²) in [6.07, 6.45) is 1.21. The van der Waals surface area contributed by atoms with Gasteiger partial charge < -0.3 is 10.0 Å². The Morgan fingerprint density at radius 1 is 1.33 bits per heavy atom. The van der Waals surface area contributed by atoms with Gasteiger partial charge in [0.25, 0.3) is 0 Å². The lowest BCUT2D eigenvalue weighted by molar-refractivity contribution is -0.141. The Hall–Kier alpha value is -1.56. The van der Waals surface area contributed by atoms with Gasteiger partial charge in [-0.2, -0.15) is 0 Å². The summed E-state index contributed by atoms with van der Waals surface area (Å²) in [6, 6.07) is 6.68. The van der Waals surface area contributed by atoms with Crippen LogP contribution in [0.25, 0.3) is 0 Å². The number of sulfone groups is 1. The van der Waals surface area contributed by atoms with Crippen LogP contribution in [0.1, 0.15) is 26.7 Å². The molecule has 1 aromatic rings. The lowest BCUT2D eigenvalue weighted by atomic mass is 10.0. The number of aliphatic carboxylic acids is 1. The van der Waals surface area contributed by atoms with Crippen molar-refractivity contribution in [3.05, 3.63) is 24.3 Å². The summed E-state index contributed by atoms with van der Waals surface area (Å²) in [7, 11) is -3.20. The third-order valence-corrected chi connectivity index (χ3v) is 6.01. The highest BCUT2D eigenvalue weighted by Crippen LogP contribution is 2.30. The molecule has 1 aliphatic rings. The minimum Gasteiger partial charge on any atom is -0.481 e. The fourth-order valence-corrected chi connectivity index (χ4v) is 4.19. The Kier molecular flexibility index (Phi) is 4.56. The van der Waals surface area contributed by atoms with Crippen molar-refractivity contribution in [3.8, 4) is 0 Å². The van der Waals surface area contributed by atoms with Crippen LogP contribution >= 0.6 is 0 Å². The molecule has 1 heterocycles. The molecular formula is C15H21NO4S. The van der Waals surface area contributed by atoms with E-state index < -0.39 is 15.8 Å². The third-order valence-electron chi connectivity index (χ3n) is 4.07. The lowest BCUT2D eigenvalue weighted by Crippen LogP contribution is -2.32. The van der Waals surface area contributed by atoms with Crippen molar-refractivity contribution in [1.29, 1.82) is 0 Å². The van der Waals surface area contributed by atoms with Gasteiger partial charge in [0.1, 0.15) is 0 Å². The molecular weight excluding hydrogens is 290 g/mol. The molecule has 1 N–H and O–H groups in total. The van der Waals surface area contributed by atoms with Crippen molar-refractivity contribution in [2.45, 2.75) is 37.6 Å². The molecule has 2 atom stereocenters. The third kappa shape index (κ3) is 3.20. The molecule has 0 saturated carbocycles. The zero-order valence-corrected chi connectivity index (χ0v) is 13.1. The van der Waals surface area contributed by atoms with E-state index in [2.05, 4.69) is 0 Å². The van der Waals surface area contributed by atoms with Crippen LogP contribution in [-0.4, -0.2) is 37.8 Å². The topological polar surface area (TPSA) is 74.7 Å². The first-order valence-electron chi connectivity index (χ1n) is 7.19. The molecule has 0 aromatic heterocycles. The number of carbonyl (C=O) groups is 1. The summed E-state index contributed by atoms with van der Waals surface area (Å²) in [5, 5.41) is 9.15. The molecule has 0 spiro atoms. The van der Waals surface area contributed by atoms with Crippen LogP contribution in [0.2, 0.25) is 0 Å². The second-order valence-electron chi connectivity index (χ2n) is 5.48. The van der Waals surface area contributed by atoms with Gasteiger partial charge in [0, 0.05) is 18.3 Å². The van der Waals surface area contributed by atoms with Gasteiger partial charge in [-0.3, -0.25) is 4.79 Å². The Morgan fingerprint density at radius 3 is 2.43 bits per heavy atom. The molecule has 2 rings (SSSR count). The monoisotopic (exact) mass is 311 g/mol. The maximum absolute atomic E-state index is 12.0. The first-order valence-corrected chi connectivity index (χ1v) is 8.84. The van der Waals surface area contributed by atoms with E-state index in [9.17, 15) is 13.2 Å². The van der Waals surface area contributed by atoms with Crippen LogP contribution in [0.5, 0.6) is 0 Å². The van der Waals surface area contributed by atoms with Crippen molar-refractivity contribution in [2.75, 3.05) is 17.2 Å². The van der Waals surface area contributed by atoms with Gasteiger partial charge in [-0.25, -0.2) is 8.42 Å². The second kappa shape index (κ2) is 6.05. The van der Waals surface area contributed by atoms with E-state index >= 15 is 0 Å². The number of anilines is 1. The Labute approximate surface area is 125 Å². The van der Waals surface area contributed by atoms with E-state index in [1.165, 1.54) is 0 Å². The molecule has 0 bridgehead atoms. The van der Waals surface area contributed by atoms with E-state index in [0.717, 1.165) is 5.69 Å². The first-order chi connectivity index (χ1) is 9.86. The average Bonchev–Trinajstić information content (AvgIpc) is 2.81. The highest BCUT2D eigenvalue weighted by atomic mass is 32.2. The smallest absolute Gasteiger partial charge is 0.308 e. The number of hydrogen-bond acceptors (Lipinski definition) is 4. The quantitative estimate of drug-likeness (QED) is 0.902. The lowest BCUT2D eigenvalue weighted by Gasteiger charge is -2.25. The molecule has 0 aliphatic carbocycles. The molecule has 2 unspecified atom stereocenters. The molecule has 1 saturated heterocycles. The summed E-state index contributed by atoms with van der Waals surface area (Å²) < 4.78 is 24.0. The number of benzene rings is 1. The van der Waals surface area contributed by atoms with E-state index in [1.807, 2.05) is 18.7 Å². The zero-order chi connectivity index (χ0) is 15.6. The molecule has 5 nitrogen and oxygen atoms in total. The predicted molar refractivity (Wildman–Crippen MR) is 81.3 cm³/mol. The van der Waals surface area contributed by atoms with Crippen LogP contribution in [0.15, 0.2) is 29.2 Å². The van der Waals surface area contributed by atoms with Crippen molar-refractivity contribution in [1.82, 2.24) is 0 Å². The van der Waals surface area contributed by atoms with Gasteiger partial charge in [0.15, 0.2) is 9.84 Å². The SMILES string of the molecule is CCCS(=O)(=O)c1ccc(N2CCC(C(=O)O)C2C)cc1. The van der Waals surface area contributed by atoms with Crippen LogP contribution in [0.3, 0.4) is 0 Å². The Bertz CT molecular complexity index is 609. The van der Waals surface area contributed by atoms with Crippen molar-refractivity contribution in [3.63, 3.8) is 0 Å². The summed E-state index contributed by atoms with van der Waals surface area (Å²) in [5.41, 5.74) is 0.877. The van der Waals surface area contributed by atoms with E-state index in [-0.39, 0.29) is 17.7 Å². The summed E-state index contributed by atoms with van der Waals surface area (Å²) in [5.74, 6) is -0.992. The minimum atomic E-state index is -3.20. The number of carboxylic acid groups (broad SMARTS) is 1. The minimum absolute atomic E-state index is 0.0828. The number of rotatable bonds is 5. The molecule has 1 aromatic carbocycles. The summed E-state index contributed by atoms with van der Waals surface area (Å²) in [6.45, 7) is 4.41. The number of carboxylic acids is 1. The summed E-state index contributed by atoms with van der Waals surface area (Å²) in [4.78, 5) is 13.5. The molecule has 1 fully saturated rings. The van der Waals surface area contributed by atoms with Gasteiger partial charge in [-0.05, 0) is 44.0 Å². The van der Waals surface area contributed by atoms with Gasteiger partial charge >= 0.3 is 5.97 Å². The largest absolute Gasteiger partial charge is 0.481 e. The van der Waals surface area contributed by atoms with E-state index in [1.54, 1.807) is 24.3 Å². The maximum atomic E-state index is 12.0. The van der Waals surface area contributed by atoms with Crippen LogP contribution in [-0.2, 0) is 14.6 Å². The molecule has 0 radical (unpaired) electrons. The fourth-order valence-electron chi connectivity index (χ4n) is 2.87. The molecule has 116 valence electrons. The number of nitrogens with zero attached hydrogens (tertiary/aromatic N) is 1. The van der Waals surface area contributed by atoms with Crippen LogP contribution in [0.4, 0.5) is 5.69 Å². The van der Waals surface area contributed by atoms with Crippen LogP contribution < -0.4 is 4.90 Å². The predicted octanol–water partition coefficient (Wildman–Crippen LogP) is 2.17. The zero-order valence-electron chi connectivity index (χ0n) is 12.3. The first kappa shape index (κ1) is 15.8. The molecule has 1 aliphatic heterocycles. The standard InChI is InChI=1S/C15H21NO4S/c1-3-10-21(19,20)13-6-4-12(5-7-13)16-9-8-14(11(16)2)15(17)18/h4-7,11,14H,3,8-10H2,1-2H3,(H,17,18). The van der Waals surface area contributed by atoms with Crippen molar-refractivity contribution < 1.29 is 18.3 Å². The fraction of sp³-hybridized carbons (Fsp3) is 0.533. The molecule has 6 heteroatoms. The second-order valence-corrected chi connectivity index (χ2v) is 7.59. The van der Waals surface area contributed by atoms with E-state index in [0.29, 0.717) is 24.3 Å². The van der Waals surface area contributed by atoms with Crippen molar-refractivity contribution in [2.24, 2.45) is 5.92 Å². The Balaban J connectivity index is 2.19. The molecule has 0 amide bonds. The maximum Gasteiger partial charge on any atom is 0.308 e. The number of hydrogen-bond donors (Lipinski definition) is 1. The normalized spacial score (nSPS) is 22.5. The van der Waals surface area contributed by atoms with Gasteiger partial charge in [0.2, 0.25) is 0 Å². The van der Waals surface area contributed by atoms with Gasteiger partial charge in [-0.1, -0.05) is 6.92 Å². The molecule has 21 heavy (non-hydrogen) atoms. The summed E-state index contributed by atoms with van der Waals surface area (Å²) >= 11 is 0. The van der Waals surface area contributed by atoms with Gasteiger partial charge in [-0.15, -0.1) is 0 Å². The van der Waals surface area contributed by atoms with Crippen molar-refractivity contribution >= 4 is 21.5 Å². The average molecular weight is 311 g/mol. The van der Waals surface area contributed by atoms with E-state index in [4.69, 9.17) is 5.11 Å². The highest BCUT2D eigenvalue weighted by Gasteiger charge is 2.35. The van der Waals surface area contributed by atoms with Crippen LogP contribution in [0, 0.1) is 5.92 Å².